The van der Waals surface area contributed by atoms with E-state index in [1.165, 1.54) is 12.0 Å². The molecule has 0 bridgehead atoms. The van der Waals surface area contributed by atoms with Gasteiger partial charge in [0.15, 0.2) is 0 Å². The molecule has 90 valence electrons. The van der Waals surface area contributed by atoms with Crippen LogP contribution >= 0.6 is 0 Å². The maximum atomic E-state index is 4.39. The van der Waals surface area contributed by atoms with Crippen molar-refractivity contribution in [2.75, 3.05) is 6.54 Å². The van der Waals surface area contributed by atoms with Crippen LogP contribution in [-0.2, 0) is 6.54 Å². The molecule has 0 aliphatic rings. The third kappa shape index (κ3) is 3.17. The van der Waals surface area contributed by atoms with Crippen molar-refractivity contribution in [1.82, 2.24) is 15.1 Å². The summed E-state index contributed by atoms with van der Waals surface area (Å²) in [6.07, 6.45) is 3.16. The molecule has 1 heterocycles. The second kappa shape index (κ2) is 5.64. The summed E-state index contributed by atoms with van der Waals surface area (Å²) in [5, 5.41) is 7.78. The number of benzene rings is 1. The molecule has 3 nitrogen and oxygen atoms in total. The molecule has 1 N–H and O–H groups in total. The number of hydrogen-bond donors (Lipinski definition) is 1. The lowest BCUT2D eigenvalue weighted by molar-refractivity contribution is 0.675. The normalized spacial score (nSPS) is 10.7. The van der Waals surface area contributed by atoms with Crippen molar-refractivity contribution < 1.29 is 0 Å². The zero-order valence-corrected chi connectivity index (χ0v) is 10.5. The molecule has 0 aliphatic carbocycles. The Labute approximate surface area is 102 Å². The molecule has 0 unspecified atom stereocenters. The molecular weight excluding hydrogens is 210 g/mol. The Hall–Kier alpha value is -1.61. The standard InChI is InChI=1S/C14H19N3/c1-3-9-15-11-13-4-6-14(7-5-13)17-10-8-12(2)16-17/h4-8,10,15H,3,9,11H2,1-2H3. The van der Waals surface area contributed by atoms with E-state index in [0.717, 1.165) is 24.5 Å². The summed E-state index contributed by atoms with van der Waals surface area (Å²) in [5.74, 6) is 0. The predicted octanol–water partition coefficient (Wildman–Crippen LogP) is 2.68. The predicted molar refractivity (Wildman–Crippen MR) is 70.3 cm³/mol. The lowest BCUT2D eigenvalue weighted by Crippen LogP contribution is -2.13. The van der Waals surface area contributed by atoms with Crippen LogP contribution in [0.5, 0.6) is 0 Å². The monoisotopic (exact) mass is 229 g/mol. The van der Waals surface area contributed by atoms with E-state index in [1.807, 2.05) is 23.9 Å². The van der Waals surface area contributed by atoms with Crippen molar-refractivity contribution in [2.45, 2.75) is 26.8 Å². The maximum Gasteiger partial charge on any atom is 0.0645 e. The van der Waals surface area contributed by atoms with Crippen molar-refractivity contribution in [3.63, 3.8) is 0 Å². The van der Waals surface area contributed by atoms with Gasteiger partial charge in [0.1, 0.15) is 0 Å². The summed E-state index contributed by atoms with van der Waals surface area (Å²) >= 11 is 0. The van der Waals surface area contributed by atoms with Crippen LogP contribution in [0.2, 0.25) is 0 Å². The first-order valence-corrected chi connectivity index (χ1v) is 6.12. The fourth-order valence-electron chi connectivity index (χ4n) is 1.73. The first-order chi connectivity index (χ1) is 8.29. The van der Waals surface area contributed by atoms with Gasteiger partial charge in [-0.25, -0.2) is 4.68 Å². The minimum absolute atomic E-state index is 0.937. The molecule has 0 amide bonds. The van der Waals surface area contributed by atoms with Gasteiger partial charge in [0.2, 0.25) is 0 Å². The Morgan fingerprint density at radius 3 is 2.53 bits per heavy atom. The van der Waals surface area contributed by atoms with Crippen LogP contribution in [-0.4, -0.2) is 16.3 Å². The van der Waals surface area contributed by atoms with Gasteiger partial charge in [-0.3, -0.25) is 0 Å². The third-order valence-corrected chi connectivity index (χ3v) is 2.68. The van der Waals surface area contributed by atoms with Gasteiger partial charge >= 0.3 is 0 Å². The summed E-state index contributed by atoms with van der Waals surface area (Å²) in [6, 6.07) is 10.5. The summed E-state index contributed by atoms with van der Waals surface area (Å²) in [5.41, 5.74) is 3.46. The van der Waals surface area contributed by atoms with E-state index < -0.39 is 0 Å². The van der Waals surface area contributed by atoms with Gasteiger partial charge in [-0.2, -0.15) is 5.10 Å². The minimum atomic E-state index is 0.937. The van der Waals surface area contributed by atoms with Crippen molar-refractivity contribution >= 4 is 0 Å². The summed E-state index contributed by atoms with van der Waals surface area (Å²) in [7, 11) is 0. The number of rotatable bonds is 5. The van der Waals surface area contributed by atoms with Crippen LogP contribution < -0.4 is 5.32 Å². The second-order valence-electron chi connectivity index (χ2n) is 4.24. The maximum absolute atomic E-state index is 4.39. The molecule has 0 spiro atoms. The highest BCUT2D eigenvalue weighted by atomic mass is 15.3. The molecule has 2 aromatic rings. The summed E-state index contributed by atoms with van der Waals surface area (Å²) < 4.78 is 1.90. The van der Waals surface area contributed by atoms with Crippen LogP contribution in [0.4, 0.5) is 0 Å². The van der Waals surface area contributed by atoms with Gasteiger partial charge in [-0.1, -0.05) is 19.1 Å². The number of nitrogens with zero attached hydrogens (tertiary/aromatic N) is 2. The first kappa shape index (κ1) is 11.9. The van der Waals surface area contributed by atoms with Crippen molar-refractivity contribution in [2.24, 2.45) is 0 Å². The average Bonchev–Trinajstić information content (AvgIpc) is 2.77. The lowest BCUT2D eigenvalue weighted by Gasteiger charge is -2.05. The Bertz CT molecular complexity index is 457. The van der Waals surface area contributed by atoms with E-state index in [4.69, 9.17) is 0 Å². The van der Waals surface area contributed by atoms with Crippen molar-refractivity contribution in [1.29, 1.82) is 0 Å². The molecule has 2 rings (SSSR count). The second-order valence-corrected chi connectivity index (χ2v) is 4.24. The molecule has 3 heteroatoms. The SMILES string of the molecule is CCCNCc1ccc(-n2ccc(C)n2)cc1. The number of hydrogen-bond acceptors (Lipinski definition) is 2. The topological polar surface area (TPSA) is 29.9 Å². The number of aryl methyl sites for hydroxylation is 1. The van der Waals surface area contributed by atoms with Gasteiger partial charge in [-0.15, -0.1) is 0 Å². The first-order valence-electron chi connectivity index (χ1n) is 6.12. The quantitative estimate of drug-likeness (QED) is 0.799. The fourth-order valence-corrected chi connectivity index (χ4v) is 1.73. The van der Waals surface area contributed by atoms with Crippen LogP contribution in [0, 0.1) is 6.92 Å². The molecule has 0 saturated heterocycles. The molecule has 0 radical (unpaired) electrons. The van der Waals surface area contributed by atoms with Gasteiger partial charge in [0.05, 0.1) is 11.4 Å². The van der Waals surface area contributed by atoms with Crippen molar-refractivity contribution in [3.8, 4) is 5.69 Å². The fraction of sp³-hybridized carbons (Fsp3) is 0.357. The van der Waals surface area contributed by atoms with E-state index in [0.29, 0.717) is 0 Å². The minimum Gasteiger partial charge on any atom is -0.313 e. The van der Waals surface area contributed by atoms with E-state index in [2.05, 4.69) is 41.6 Å². The van der Waals surface area contributed by atoms with Crippen LogP contribution in [0.1, 0.15) is 24.6 Å². The molecule has 0 fully saturated rings. The highest BCUT2D eigenvalue weighted by Gasteiger charge is 1.98. The number of nitrogens with one attached hydrogen (secondary N) is 1. The number of aromatic nitrogens is 2. The highest BCUT2D eigenvalue weighted by Crippen LogP contribution is 2.09. The molecular formula is C14H19N3. The van der Waals surface area contributed by atoms with Crippen LogP contribution in [0.3, 0.4) is 0 Å². The van der Waals surface area contributed by atoms with E-state index >= 15 is 0 Å². The zero-order valence-electron chi connectivity index (χ0n) is 10.5. The Morgan fingerprint density at radius 1 is 1.18 bits per heavy atom. The van der Waals surface area contributed by atoms with E-state index in [1.54, 1.807) is 0 Å². The largest absolute Gasteiger partial charge is 0.313 e. The Kier molecular flexibility index (Phi) is 3.94. The third-order valence-electron chi connectivity index (χ3n) is 2.68. The zero-order chi connectivity index (χ0) is 12.1. The van der Waals surface area contributed by atoms with Gasteiger partial charge in [0, 0.05) is 12.7 Å². The molecule has 1 aromatic heterocycles. The van der Waals surface area contributed by atoms with Crippen LogP contribution in [0.25, 0.3) is 5.69 Å². The van der Waals surface area contributed by atoms with Gasteiger partial charge in [-0.05, 0) is 43.7 Å². The van der Waals surface area contributed by atoms with E-state index in [-0.39, 0.29) is 0 Å². The molecule has 0 atom stereocenters. The van der Waals surface area contributed by atoms with Gasteiger partial charge in [0.25, 0.3) is 0 Å². The molecule has 0 saturated carbocycles. The molecule has 17 heavy (non-hydrogen) atoms. The molecule has 0 aliphatic heterocycles. The van der Waals surface area contributed by atoms with E-state index in [9.17, 15) is 0 Å². The summed E-state index contributed by atoms with van der Waals surface area (Å²) in [6.45, 7) is 6.18. The van der Waals surface area contributed by atoms with Gasteiger partial charge < -0.3 is 5.32 Å². The lowest BCUT2D eigenvalue weighted by atomic mass is 10.2. The van der Waals surface area contributed by atoms with Crippen molar-refractivity contribution in [3.05, 3.63) is 47.8 Å². The Balaban J connectivity index is 2.02. The Morgan fingerprint density at radius 2 is 1.94 bits per heavy atom. The summed E-state index contributed by atoms with van der Waals surface area (Å²) in [4.78, 5) is 0. The molecule has 1 aromatic carbocycles. The average molecular weight is 229 g/mol. The highest BCUT2D eigenvalue weighted by molar-refractivity contribution is 5.34. The smallest absolute Gasteiger partial charge is 0.0645 e. The van der Waals surface area contributed by atoms with Crippen LogP contribution in [0.15, 0.2) is 36.5 Å².